The van der Waals surface area contributed by atoms with Gasteiger partial charge in [0.2, 0.25) is 0 Å². The number of fused-ring (bicyclic) bond motifs is 1. The van der Waals surface area contributed by atoms with Gasteiger partial charge in [0, 0.05) is 18.6 Å². The molecule has 0 radical (unpaired) electrons. The first kappa shape index (κ1) is 29.2. The van der Waals surface area contributed by atoms with Gasteiger partial charge in [-0.1, -0.05) is 12.1 Å². The molecule has 1 saturated heterocycles. The number of carbonyl (C=O) groups is 1. The summed E-state index contributed by atoms with van der Waals surface area (Å²) in [6.07, 6.45) is -5.68. The second kappa shape index (κ2) is 12.2. The molecule has 0 bridgehead atoms. The van der Waals surface area contributed by atoms with Gasteiger partial charge in [-0.2, -0.15) is 0 Å². The summed E-state index contributed by atoms with van der Waals surface area (Å²) in [5.41, 5.74) is 0.876. The smallest absolute Gasteiger partial charge is 0.331 e. The first-order chi connectivity index (χ1) is 19.0. The topological polar surface area (TPSA) is 176 Å². The molecule has 0 saturated carbocycles. The van der Waals surface area contributed by atoms with Gasteiger partial charge in [0.25, 0.3) is 0 Å². The number of methoxy groups -OCH3 is 1. The number of aromatic hydroxyl groups is 1. The van der Waals surface area contributed by atoms with Crippen molar-refractivity contribution in [3.8, 4) is 11.5 Å². The second-order valence-corrected chi connectivity index (χ2v) is 9.73. The fourth-order valence-corrected chi connectivity index (χ4v) is 4.77. The summed E-state index contributed by atoms with van der Waals surface area (Å²) in [5, 5.41) is 51.0. The van der Waals surface area contributed by atoms with Crippen molar-refractivity contribution < 1.29 is 49.0 Å². The molecule has 3 aromatic rings. The maximum atomic E-state index is 13.1. The van der Waals surface area contributed by atoms with Gasteiger partial charge >= 0.3 is 5.97 Å². The van der Waals surface area contributed by atoms with Crippen LogP contribution in [0.2, 0.25) is 0 Å². The summed E-state index contributed by atoms with van der Waals surface area (Å²) in [6, 6.07) is 8.89. The molecule has 4 rings (SSSR count). The molecular formula is C29H32O11. The molecule has 1 aromatic heterocycles. The molecule has 2 aromatic carbocycles. The number of carbonyl (C=O) groups excluding carboxylic acids is 1. The average molecular weight is 557 g/mol. The molecule has 1 aliphatic heterocycles. The van der Waals surface area contributed by atoms with Gasteiger partial charge < -0.3 is 44.2 Å². The third-order valence-electron chi connectivity index (χ3n) is 6.68. The van der Waals surface area contributed by atoms with Crippen LogP contribution in [0.15, 0.2) is 51.7 Å². The van der Waals surface area contributed by atoms with E-state index in [-0.39, 0.29) is 40.2 Å². The summed E-state index contributed by atoms with van der Waals surface area (Å²) in [7, 11) is 1.38. The Morgan fingerprint density at radius 3 is 2.48 bits per heavy atom. The van der Waals surface area contributed by atoms with Crippen LogP contribution in [0.5, 0.6) is 11.5 Å². The van der Waals surface area contributed by atoms with E-state index in [0.717, 1.165) is 6.08 Å². The van der Waals surface area contributed by atoms with E-state index in [1.165, 1.54) is 38.3 Å². The number of benzene rings is 2. The number of hydrogen-bond acceptors (Lipinski definition) is 11. The van der Waals surface area contributed by atoms with E-state index in [4.69, 9.17) is 18.6 Å². The van der Waals surface area contributed by atoms with Crippen LogP contribution in [0.1, 0.15) is 35.5 Å². The Bertz CT molecular complexity index is 1440. The Morgan fingerprint density at radius 1 is 1.15 bits per heavy atom. The van der Waals surface area contributed by atoms with Gasteiger partial charge in [-0.15, -0.1) is 0 Å². The van der Waals surface area contributed by atoms with Crippen molar-refractivity contribution in [3.05, 3.63) is 75.1 Å². The summed E-state index contributed by atoms with van der Waals surface area (Å²) in [4.78, 5) is 26.0. The van der Waals surface area contributed by atoms with Crippen LogP contribution in [0, 0.1) is 6.92 Å². The molecule has 0 aliphatic carbocycles. The molecule has 5 N–H and O–H groups in total. The summed E-state index contributed by atoms with van der Waals surface area (Å²) in [6.45, 7) is 2.55. The van der Waals surface area contributed by atoms with Crippen LogP contribution in [-0.2, 0) is 20.7 Å². The molecule has 40 heavy (non-hydrogen) atoms. The van der Waals surface area contributed by atoms with Crippen LogP contribution in [0.3, 0.4) is 0 Å². The molecule has 0 spiro atoms. The highest BCUT2D eigenvalue weighted by molar-refractivity contribution is 5.88. The van der Waals surface area contributed by atoms with Crippen molar-refractivity contribution in [2.24, 2.45) is 0 Å². The molecule has 0 amide bonds. The highest BCUT2D eigenvalue weighted by Crippen LogP contribution is 2.43. The summed E-state index contributed by atoms with van der Waals surface area (Å²) in [5.74, 6) is -0.456. The molecule has 1 fully saturated rings. The Morgan fingerprint density at radius 2 is 1.85 bits per heavy atom. The molecule has 11 nitrogen and oxygen atoms in total. The monoisotopic (exact) mass is 556 g/mol. The first-order valence-corrected chi connectivity index (χ1v) is 12.7. The van der Waals surface area contributed by atoms with Crippen molar-refractivity contribution in [1.82, 2.24) is 0 Å². The number of aryl methyl sites for hydroxylation is 1. The lowest BCUT2D eigenvalue weighted by Crippen LogP contribution is -2.56. The molecule has 2 heterocycles. The Kier molecular flexibility index (Phi) is 8.92. The number of aliphatic hydroxyl groups excluding tert-OH is 4. The molecular weight excluding hydrogens is 524 g/mol. The zero-order valence-corrected chi connectivity index (χ0v) is 22.2. The second-order valence-electron chi connectivity index (χ2n) is 9.73. The van der Waals surface area contributed by atoms with Crippen molar-refractivity contribution in [2.75, 3.05) is 13.7 Å². The van der Waals surface area contributed by atoms with E-state index in [1.807, 2.05) is 0 Å². The zero-order valence-electron chi connectivity index (χ0n) is 22.2. The zero-order chi connectivity index (χ0) is 29.1. The summed E-state index contributed by atoms with van der Waals surface area (Å²) >= 11 is 0. The van der Waals surface area contributed by atoms with E-state index >= 15 is 0 Å². The Labute approximate surface area is 229 Å². The summed E-state index contributed by atoms with van der Waals surface area (Å²) < 4.78 is 23.2. The van der Waals surface area contributed by atoms with E-state index in [0.29, 0.717) is 11.1 Å². The van der Waals surface area contributed by atoms with Crippen molar-refractivity contribution in [3.63, 3.8) is 0 Å². The average Bonchev–Trinajstić information content (AvgIpc) is 2.90. The number of rotatable bonds is 8. The van der Waals surface area contributed by atoms with E-state index in [2.05, 4.69) is 0 Å². The van der Waals surface area contributed by atoms with Gasteiger partial charge in [0.15, 0.2) is 11.5 Å². The maximum Gasteiger partial charge on any atom is 0.331 e. The third kappa shape index (κ3) is 6.03. The van der Waals surface area contributed by atoms with Gasteiger partial charge in [0.05, 0.1) is 30.8 Å². The standard InChI is InChI=1S/C29H32O11/c1-14-10-20(37-3)24(27-23(14)19(33)12-18(38-27)11-15(2)31)28-29(26(36)25(35)21(13-30)39-28)40-22(34)9-6-16-4-7-17(32)8-5-16/h4-10,12,15,21,25-26,28-32,35-36H,11,13H2,1-3H3/b9-6+/t15-,21+,25+,26-,28-,29+/m0/s1. The molecule has 1 aliphatic rings. The lowest BCUT2D eigenvalue weighted by atomic mass is 9.89. The molecule has 6 atom stereocenters. The van der Waals surface area contributed by atoms with Crippen molar-refractivity contribution in [1.29, 1.82) is 0 Å². The fourth-order valence-electron chi connectivity index (χ4n) is 4.77. The minimum Gasteiger partial charge on any atom is -0.508 e. The van der Waals surface area contributed by atoms with Gasteiger partial charge in [-0.25, -0.2) is 4.79 Å². The Balaban J connectivity index is 1.83. The predicted octanol–water partition coefficient (Wildman–Crippen LogP) is 1.52. The number of phenolic OH excluding ortho intramolecular Hbond substituents is 1. The van der Waals surface area contributed by atoms with Crippen molar-refractivity contribution in [2.45, 2.75) is 56.9 Å². The molecule has 11 heteroatoms. The first-order valence-electron chi connectivity index (χ1n) is 12.7. The van der Waals surface area contributed by atoms with Crippen LogP contribution in [-0.4, -0.2) is 75.7 Å². The van der Waals surface area contributed by atoms with Crippen LogP contribution < -0.4 is 10.2 Å². The SMILES string of the molecule is COc1cc(C)c2c(=O)cc(C[C@H](C)O)oc2c1[C@@H]1O[C@H](CO)[C@@H](O)[C@H](O)[C@H]1OC(=O)/C=C/c1ccc(O)cc1. The number of aliphatic hydroxyl groups is 4. The Hall–Kier alpha value is -3.74. The van der Waals surface area contributed by atoms with E-state index < -0.39 is 54.6 Å². The highest BCUT2D eigenvalue weighted by Gasteiger charge is 2.49. The predicted molar refractivity (Wildman–Crippen MR) is 143 cm³/mol. The third-order valence-corrected chi connectivity index (χ3v) is 6.68. The fraction of sp³-hybridized carbons (Fsp3) is 0.379. The number of ether oxygens (including phenoxy) is 3. The maximum absolute atomic E-state index is 13.1. The minimum absolute atomic E-state index is 0.0333. The quantitative estimate of drug-likeness (QED) is 0.201. The van der Waals surface area contributed by atoms with Crippen LogP contribution in [0.25, 0.3) is 17.0 Å². The molecule has 214 valence electrons. The van der Waals surface area contributed by atoms with E-state index in [1.54, 1.807) is 25.1 Å². The van der Waals surface area contributed by atoms with Crippen LogP contribution >= 0.6 is 0 Å². The highest BCUT2D eigenvalue weighted by atomic mass is 16.6. The number of phenols is 1. The van der Waals surface area contributed by atoms with Gasteiger partial charge in [-0.05, 0) is 49.2 Å². The lowest BCUT2D eigenvalue weighted by molar-refractivity contribution is -0.239. The molecule has 0 unspecified atom stereocenters. The normalized spacial score (nSPS) is 23.8. The van der Waals surface area contributed by atoms with Crippen LogP contribution in [0.4, 0.5) is 0 Å². The van der Waals surface area contributed by atoms with E-state index in [9.17, 15) is 35.1 Å². The minimum atomic E-state index is -1.70. The van der Waals surface area contributed by atoms with Gasteiger partial charge in [0.1, 0.15) is 47.3 Å². The number of hydrogen-bond donors (Lipinski definition) is 5. The largest absolute Gasteiger partial charge is 0.508 e. The number of esters is 1. The van der Waals surface area contributed by atoms with Crippen molar-refractivity contribution >= 4 is 23.0 Å². The lowest BCUT2D eigenvalue weighted by Gasteiger charge is -2.42. The van der Waals surface area contributed by atoms with Gasteiger partial charge in [-0.3, -0.25) is 4.79 Å².